The van der Waals surface area contributed by atoms with E-state index in [0.717, 1.165) is 42.7 Å². The Kier molecular flexibility index (Phi) is 7.64. The minimum absolute atomic E-state index is 0.0312. The van der Waals surface area contributed by atoms with Gasteiger partial charge in [-0.2, -0.15) is 0 Å². The van der Waals surface area contributed by atoms with Crippen molar-refractivity contribution in [2.24, 2.45) is 11.8 Å². The van der Waals surface area contributed by atoms with Crippen molar-refractivity contribution < 1.29 is 13.9 Å². The molecule has 0 aromatic heterocycles. The van der Waals surface area contributed by atoms with E-state index >= 15 is 0 Å². The lowest BCUT2D eigenvalue weighted by molar-refractivity contribution is -0.140. The average molecular weight is 383 g/mol. The molecule has 28 heavy (non-hydrogen) atoms. The van der Waals surface area contributed by atoms with E-state index in [1.165, 1.54) is 44.2 Å². The van der Waals surface area contributed by atoms with Crippen LogP contribution >= 0.6 is 0 Å². The third kappa shape index (κ3) is 5.92. The number of esters is 1. The Bertz CT molecular complexity index is 728. The third-order valence-corrected chi connectivity index (χ3v) is 5.90. The van der Waals surface area contributed by atoms with Crippen LogP contribution < -0.4 is 4.74 Å². The van der Waals surface area contributed by atoms with E-state index in [4.69, 9.17) is 4.74 Å². The van der Waals surface area contributed by atoms with Crippen molar-refractivity contribution >= 4 is 5.97 Å². The molecule has 1 saturated carbocycles. The highest BCUT2D eigenvalue weighted by Crippen LogP contribution is 2.33. The van der Waals surface area contributed by atoms with Crippen LogP contribution in [0.4, 0.5) is 4.39 Å². The third-order valence-electron chi connectivity index (χ3n) is 5.90. The molecule has 1 aliphatic carbocycles. The van der Waals surface area contributed by atoms with Crippen LogP contribution in [-0.4, -0.2) is 5.97 Å². The molecule has 2 aromatic carbocycles. The van der Waals surface area contributed by atoms with Gasteiger partial charge in [-0.15, -0.1) is 0 Å². The summed E-state index contributed by atoms with van der Waals surface area (Å²) in [5, 5.41) is 0. The molecule has 2 nitrogen and oxygen atoms in total. The number of unbranched alkanes of at least 4 members (excludes halogenated alkanes) is 3. The SMILES string of the molecule is CCCCCC[C@H]1CC[C@H](C(=O)Oc2ccc(-c3ccc(F)cc3)cc2)CC1. The predicted molar refractivity (Wildman–Crippen MR) is 112 cm³/mol. The topological polar surface area (TPSA) is 26.3 Å². The highest BCUT2D eigenvalue weighted by molar-refractivity contribution is 5.75. The number of carbonyl (C=O) groups excluding carboxylic acids is 1. The molecule has 1 fully saturated rings. The van der Waals surface area contributed by atoms with E-state index < -0.39 is 0 Å². The van der Waals surface area contributed by atoms with Crippen molar-refractivity contribution in [3.63, 3.8) is 0 Å². The second kappa shape index (κ2) is 10.4. The molecule has 1 aliphatic rings. The number of benzene rings is 2. The van der Waals surface area contributed by atoms with Crippen molar-refractivity contribution in [1.29, 1.82) is 0 Å². The number of carbonyl (C=O) groups is 1. The predicted octanol–water partition coefficient (Wildman–Crippen LogP) is 7.17. The zero-order chi connectivity index (χ0) is 19.8. The van der Waals surface area contributed by atoms with Crippen molar-refractivity contribution in [3.05, 3.63) is 54.3 Å². The molecule has 0 aliphatic heterocycles. The van der Waals surface area contributed by atoms with E-state index in [9.17, 15) is 9.18 Å². The lowest BCUT2D eigenvalue weighted by Crippen LogP contribution is -2.25. The van der Waals surface area contributed by atoms with E-state index in [-0.39, 0.29) is 17.7 Å². The minimum atomic E-state index is -0.245. The molecule has 0 saturated heterocycles. The van der Waals surface area contributed by atoms with Crippen LogP contribution in [0, 0.1) is 17.7 Å². The molecular formula is C25H31FO2. The van der Waals surface area contributed by atoms with Gasteiger partial charge in [0.05, 0.1) is 5.92 Å². The second-order valence-corrected chi connectivity index (χ2v) is 8.02. The summed E-state index contributed by atoms with van der Waals surface area (Å²) >= 11 is 0. The van der Waals surface area contributed by atoms with Crippen LogP contribution in [0.2, 0.25) is 0 Å². The Morgan fingerprint density at radius 3 is 2.11 bits per heavy atom. The monoisotopic (exact) mass is 382 g/mol. The fraction of sp³-hybridized carbons (Fsp3) is 0.480. The summed E-state index contributed by atoms with van der Waals surface area (Å²) in [4.78, 5) is 12.5. The molecule has 0 heterocycles. The average Bonchev–Trinajstić information content (AvgIpc) is 2.73. The Balaban J connectivity index is 1.45. The molecule has 0 atom stereocenters. The molecule has 3 heteroatoms. The molecule has 3 rings (SSSR count). The lowest BCUT2D eigenvalue weighted by Gasteiger charge is -2.27. The molecule has 150 valence electrons. The summed E-state index contributed by atoms with van der Waals surface area (Å²) in [5.74, 6) is 1.06. The molecule has 2 aromatic rings. The summed E-state index contributed by atoms with van der Waals surface area (Å²) in [5.41, 5.74) is 1.92. The first-order valence-electron chi connectivity index (χ1n) is 10.7. The van der Waals surface area contributed by atoms with Crippen LogP contribution in [0.3, 0.4) is 0 Å². The maximum atomic E-state index is 13.0. The second-order valence-electron chi connectivity index (χ2n) is 8.02. The summed E-state index contributed by atoms with van der Waals surface area (Å²) in [6.45, 7) is 2.24. The Morgan fingerprint density at radius 2 is 1.50 bits per heavy atom. The van der Waals surface area contributed by atoms with E-state index in [1.807, 2.05) is 24.3 Å². The van der Waals surface area contributed by atoms with Crippen LogP contribution in [0.5, 0.6) is 5.75 Å². The van der Waals surface area contributed by atoms with Gasteiger partial charge in [-0.05, 0) is 67.0 Å². The quantitative estimate of drug-likeness (QED) is 0.275. The van der Waals surface area contributed by atoms with E-state index in [0.29, 0.717) is 5.75 Å². The lowest BCUT2D eigenvalue weighted by atomic mass is 9.80. The van der Waals surface area contributed by atoms with Crippen LogP contribution in [0.15, 0.2) is 48.5 Å². The van der Waals surface area contributed by atoms with Gasteiger partial charge in [-0.25, -0.2) is 4.39 Å². The number of hydrogen-bond acceptors (Lipinski definition) is 2. The zero-order valence-corrected chi connectivity index (χ0v) is 16.8. The van der Waals surface area contributed by atoms with Crippen molar-refractivity contribution in [1.82, 2.24) is 0 Å². The van der Waals surface area contributed by atoms with Crippen molar-refractivity contribution in [3.8, 4) is 16.9 Å². The summed E-state index contributed by atoms with van der Waals surface area (Å²) in [6, 6.07) is 13.8. The van der Waals surface area contributed by atoms with Gasteiger partial charge in [0.1, 0.15) is 11.6 Å². The molecule has 0 unspecified atom stereocenters. The van der Waals surface area contributed by atoms with Gasteiger partial charge in [0.25, 0.3) is 0 Å². The van der Waals surface area contributed by atoms with Gasteiger partial charge in [0.2, 0.25) is 0 Å². The number of halogens is 1. The van der Waals surface area contributed by atoms with E-state index in [1.54, 1.807) is 12.1 Å². The fourth-order valence-corrected chi connectivity index (χ4v) is 4.10. The van der Waals surface area contributed by atoms with Crippen LogP contribution in [0.25, 0.3) is 11.1 Å². The van der Waals surface area contributed by atoms with Crippen molar-refractivity contribution in [2.45, 2.75) is 64.7 Å². The fourth-order valence-electron chi connectivity index (χ4n) is 4.10. The standard InChI is InChI=1S/C25H31FO2/c1-2-3-4-5-6-19-7-9-22(10-8-19)25(27)28-24-17-13-21(14-18-24)20-11-15-23(26)16-12-20/h11-19,22H,2-10H2,1H3/t19-,22-. The molecule has 0 radical (unpaired) electrons. The summed E-state index contributed by atoms with van der Waals surface area (Å²) in [7, 11) is 0. The minimum Gasteiger partial charge on any atom is -0.426 e. The molecule has 0 spiro atoms. The Labute approximate surface area is 168 Å². The van der Waals surface area contributed by atoms with Crippen LogP contribution in [0.1, 0.15) is 64.7 Å². The summed E-state index contributed by atoms with van der Waals surface area (Å²) in [6.07, 6.45) is 10.8. The normalized spacial score (nSPS) is 19.4. The van der Waals surface area contributed by atoms with Gasteiger partial charge in [-0.3, -0.25) is 4.79 Å². The number of rotatable bonds is 8. The van der Waals surface area contributed by atoms with Gasteiger partial charge in [0.15, 0.2) is 0 Å². The molecule has 0 bridgehead atoms. The number of hydrogen-bond donors (Lipinski definition) is 0. The summed E-state index contributed by atoms with van der Waals surface area (Å²) < 4.78 is 18.7. The molecule has 0 N–H and O–H groups in total. The van der Waals surface area contributed by atoms with Crippen LogP contribution in [-0.2, 0) is 4.79 Å². The molecule has 0 amide bonds. The van der Waals surface area contributed by atoms with Gasteiger partial charge in [0, 0.05) is 0 Å². The smallest absolute Gasteiger partial charge is 0.314 e. The maximum absolute atomic E-state index is 13.0. The first kappa shape index (κ1) is 20.6. The Morgan fingerprint density at radius 1 is 0.893 bits per heavy atom. The van der Waals surface area contributed by atoms with E-state index in [2.05, 4.69) is 6.92 Å². The van der Waals surface area contributed by atoms with Gasteiger partial charge in [-0.1, -0.05) is 63.3 Å². The van der Waals surface area contributed by atoms with Gasteiger partial charge >= 0.3 is 5.97 Å². The zero-order valence-electron chi connectivity index (χ0n) is 16.8. The maximum Gasteiger partial charge on any atom is 0.314 e. The highest BCUT2D eigenvalue weighted by atomic mass is 19.1. The largest absolute Gasteiger partial charge is 0.426 e. The van der Waals surface area contributed by atoms with Crippen molar-refractivity contribution in [2.75, 3.05) is 0 Å². The molecular weight excluding hydrogens is 351 g/mol. The first-order valence-corrected chi connectivity index (χ1v) is 10.7. The Hall–Kier alpha value is -2.16. The van der Waals surface area contributed by atoms with Gasteiger partial charge < -0.3 is 4.74 Å². The number of ether oxygens (including phenoxy) is 1. The first-order chi connectivity index (χ1) is 13.7. The highest BCUT2D eigenvalue weighted by Gasteiger charge is 2.27.